The first kappa shape index (κ1) is 17.8. The third-order valence-corrected chi connectivity index (χ3v) is 3.50. The van der Waals surface area contributed by atoms with Gasteiger partial charge in [0.1, 0.15) is 5.75 Å². The summed E-state index contributed by atoms with van der Waals surface area (Å²) in [4.78, 5) is 22.2. The molecule has 0 atom stereocenters. The Morgan fingerprint density at radius 1 is 1.22 bits per heavy atom. The lowest BCUT2D eigenvalue weighted by molar-refractivity contribution is -0.384. The topological polar surface area (TPSA) is 120 Å². The molecule has 0 spiro atoms. The van der Waals surface area contributed by atoms with E-state index < -0.39 is 10.8 Å². The lowest BCUT2D eigenvalue weighted by atomic mass is 10.2. The highest BCUT2D eigenvalue weighted by Crippen LogP contribution is 2.29. The zero-order valence-corrected chi connectivity index (χ0v) is 14.2. The van der Waals surface area contributed by atoms with Gasteiger partial charge in [-0.25, -0.2) is 0 Å². The monoisotopic (exact) mass is 366 g/mol. The maximum atomic E-state index is 12.0. The number of para-hydroxylation sites is 1. The largest absolute Gasteiger partial charge is 0.496 e. The number of nitrogens with zero attached hydrogens (tertiary/aromatic N) is 3. The van der Waals surface area contributed by atoms with Crippen molar-refractivity contribution in [2.24, 2.45) is 0 Å². The van der Waals surface area contributed by atoms with Gasteiger partial charge in [-0.1, -0.05) is 29.4 Å². The van der Waals surface area contributed by atoms with Gasteiger partial charge in [0.05, 0.1) is 17.6 Å². The van der Waals surface area contributed by atoms with Crippen LogP contribution in [-0.4, -0.2) is 28.1 Å². The van der Waals surface area contributed by atoms with Crippen LogP contribution in [0.3, 0.4) is 0 Å². The van der Waals surface area contributed by atoms with E-state index in [9.17, 15) is 14.9 Å². The Kier molecular flexibility index (Phi) is 5.22. The van der Waals surface area contributed by atoms with Crippen molar-refractivity contribution in [1.82, 2.24) is 10.2 Å². The van der Waals surface area contributed by atoms with Crippen LogP contribution >= 0.6 is 0 Å². The number of amides is 1. The summed E-state index contributed by atoms with van der Waals surface area (Å²) in [5, 5.41) is 20.9. The molecule has 0 aliphatic heterocycles. The smallest absolute Gasteiger partial charge is 0.322 e. The number of nitro groups is 1. The fourth-order valence-corrected chi connectivity index (χ4v) is 2.26. The SMILES string of the molecule is COc1ccccc1-c1nnc(NC(=O)C=Cc2cccc([N+](=O)[O-])c2)o1. The molecule has 9 nitrogen and oxygen atoms in total. The molecule has 0 unspecified atom stereocenters. The van der Waals surface area contributed by atoms with E-state index in [0.717, 1.165) is 0 Å². The molecule has 2 aromatic carbocycles. The number of anilines is 1. The molecule has 3 aromatic rings. The number of non-ortho nitro benzene ring substituents is 1. The Morgan fingerprint density at radius 3 is 2.81 bits per heavy atom. The number of methoxy groups -OCH3 is 1. The number of benzene rings is 2. The van der Waals surface area contributed by atoms with Gasteiger partial charge in [0.25, 0.3) is 17.5 Å². The van der Waals surface area contributed by atoms with Gasteiger partial charge in [-0.15, -0.1) is 5.10 Å². The second kappa shape index (κ2) is 7.91. The van der Waals surface area contributed by atoms with E-state index in [1.54, 1.807) is 30.3 Å². The summed E-state index contributed by atoms with van der Waals surface area (Å²) in [6.07, 6.45) is 2.66. The third kappa shape index (κ3) is 4.34. The Hall–Kier alpha value is -4.01. The second-order valence-corrected chi connectivity index (χ2v) is 5.29. The molecule has 136 valence electrons. The highest BCUT2D eigenvalue weighted by molar-refractivity contribution is 6.00. The first-order chi connectivity index (χ1) is 13.1. The van der Waals surface area contributed by atoms with Crippen molar-refractivity contribution in [3.63, 3.8) is 0 Å². The number of nitrogens with one attached hydrogen (secondary N) is 1. The number of carbonyl (C=O) groups is 1. The van der Waals surface area contributed by atoms with Crippen LogP contribution in [0, 0.1) is 10.1 Å². The summed E-state index contributed by atoms with van der Waals surface area (Å²) in [5.41, 5.74) is 1.05. The average Bonchev–Trinajstić information content (AvgIpc) is 3.14. The van der Waals surface area contributed by atoms with Gasteiger partial charge >= 0.3 is 6.01 Å². The maximum absolute atomic E-state index is 12.0. The van der Waals surface area contributed by atoms with E-state index in [-0.39, 0.29) is 17.6 Å². The van der Waals surface area contributed by atoms with Gasteiger partial charge in [0, 0.05) is 18.2 Å². The second-order valence-electron chi connectivity index (χ2n) is 5.29. The number of hydrogen-bond acceptors (Lipinski definition) is 7. The summed E-state index contributed by atoms with van der Waals surface area (Å²) < 4.78 is 10.7. The maximum Gasteiger partial charge on any atom is 0.322 e. The van der Waals surface area contributed by atoms with Crippen LogP contribution in [0.25, 0.3) is 17.5 Å². The minimum absolute atomic E-state index is 0.0593. The van der Waals surface area contributed by atoms with Gasteiger partial charge in [-0.05, 0) is 23.8 Å². The van der Waals surface area contributed by atoms with E-state index in [1.807, 2.05) is 0 Å². The van der Waals surface area contributed by atoms with Crippen LogP contribution in [0.4, 0.5) is 11.7 Å². The van der Waals surface area contributed by atoms with Crippen molar-refractivity contribution in [1.29, 1.82) is 0 Å². The van der Waals surface area contributed by atoms with Crippen molar-refractivity contribution in [3.8, 4) is 17.2 Å². The Labute approximate surface area is 153 Å². The van der Waals surface area contributed by atoms with Gasteiger partial charge in [-0.2, -0.15) is 0 Å². The molecule has 27 heavy (non-hydrogen) atoms. The molecule has 0 saturated heterocycles. The summed E-state index contributed by atoms with van der Waals surface area (Å²) >= 11 is 0. The van der Waals surface area contributed by atoms with Crippen LogP contribution in [0.15, 0.2) is 59.0 Å². The molecule has 9 heteroatoms. The predicted molar refractivity (Wildman–Crippen MR) is 97.0 cm³/mol. The molecule has 1 amide bonds. The zero-order valence-electron chi connectivity index (χ0n) is 14.2. The number of carbonyl (C=O) groups excluding carboxylic acids is 1. The van der Waals surface area contributed by atoms with Crippen LogP contribution in [0.1, 0.15) is 5.56 Å². The number of nitro benzene ring substituents is 1. The summed E-state index contributed by atoms with van der Waals surface area (Å²) in [7, 11) is 1.52. The van der Waals surface area contributed by atoms with Gasteiger partial charge in [0.15, 0.2) is 0 Å². The number of hydrogen-bond donors (Lipinski definition) is 1. The molecule has 0 aliphatic rings. The molecular weight excluding hydrogens is 352 g/mol. The van der Waals surface area contributed by atoms with E-state index >= 15 is 0 Å². The Morgan fingerprint density at radius 2 is 2.04 bits per heavy atom. The third-order valence-electron chi connectivity index (χ3n) is 3.50. The normalized spacial score (nSPS) is 10.7. The van der Waals surface area contributed by atoms with E-state index in [0.29, 0.717) is 16.9 Å². The number of rotatable bonds is 6. The van der Waals surface area contributed by atoms with E-state index in [2.05, 4.69) is 15.5 Å². The standard InChI is InChI=1S/C18H14N4O5/c1-26-15-8-3-2-7-14(15)17-20-21-18(27-17)19-16(23)10-9-12-5-4-6-13(11-12)22(24)25/h2-11H,1H3,(H,19,21,23). The summed E-state index contributed by atoms with van der Waals surface area (Å²) in [6, 6.07) is 12.9. The molecule has 0 saturated carbocycles. The highest BCUT2D eigenvalue weighted by atomic mass is 16.6. The summed E-state index contributed by atoms with van der Waals surface area (Å²) in [5.74, 6) is 0.242. The average molecular weight is 366 g/mol. The highest BCUT2D eigenvalue weighted by Gasteiger charge is 2.13. The van der Waals surface area contributed by atoms with Crippen molar-refractivity contribution in [3.05, 3.63) is 70.3 Å². The summed E-state index contributed by atoms with van der Waals surface area (Å²) in [6.45, 7) is 0. The Balaban J connectivity index is 1.69. The Bertz CT molecular complexity index is 1010. The zero-order chi connectivity index (χ0) is 19.2. The van der Waals surface area contributed by atoms with E-state index in [4.69, 9.17) is 9.15 Å². The number of aromatic nitrogens is 2. The van der Waals surface area contributed by atoms with Crippen molar-refractivity contribution in [2.45, 2.75) is 0 Å². The molecule has 0 radical (unpaired) electrons. The molecule has 0 fully saturated rings. The van der Waals surface area contributed by atoms with E-state index in [1.165, 1.54) is 37.5 Å². The fourth-order valence-electron chi connectivity index (χ4n) is 2.26. The number of ether oxygens (including phenoxy) is 1. The lowest BCUT2D eigenvalue weighted by Gasteiger charge is -2.03. The van der Waals surface area contributed by atoms with Crippen LogP contribution < -0.4 is 10.1 Å². The van der Waals surface area contributed by atoms with Crippen molar-refractivity contribution in [2.75, 3.05) is 12.4 Å². The van der Waals surface area contributed by atoms with Crippen LogP contribution in [0.2, 0.25) is 0 Å². The van der Waals surface area contributed by atoms with Gasteiger partial charge in [0.2, 0.25) is 0 Å². The van der Waals surface area contributed by atoms with Crippen LogP contribution in [0.5, 0.6) is 5.75 Å². The molecule has 0 aliphatic carbocycles. The molecule has 3 rings (SSSR count). The molecule has 1 aromatic heterocycles. The minimum Gasteiger partial charge on any atom is -0.496 e. The quantitative estimate of drug-likeness (QED) is 0.403. The molecule has 0 bridgehead atoms. The predicted octanol–water partition coefficient (Wildman–Crippen LogP) is 3.31. The minimum atomic E-state index is -0.517. The van der Waals surface area contributed by atoms with Crippen LogP contribution in [-0.2, 0) is 4.79 Å². The first-order valence-electron chi connectivity index (χ1n) is 7.77. The van der Waals surface area contributed by atoms with Gasteiger partial charge < -0.3 is 9.15 Å². The molecule has 1 N–H and O–H groups in total. The fraction of sp³-hybridized carbons (Fsp3) is 0.0556. The first-order valence-corrected chi connectivity index (χ1v) is 7.77. The molecule has 1 heterocycles. The van der Waals surface area contributed by atoms with Crippen molar-refractivity contribution >= 4 is 23.7 Å². The van der Waals surface area contributed by atoms with Crippen molar-refractivity contribution < 1.29 is 18.9 Å². The van der Waals surface area contributed by atoms with Gasteiger partial charge in [-0.3, -0.25) is 20.2 Å². The molecular formula is C18H14N4O5. The lowest BCUT2D eigenvalue weighted by Crippen LogP contribution is -2.07.